The predicted molar refractivity (Wildman–Crippen MR) is 86.1 cm³/mol. The van der Waals surface area contributed by atoms with E-state index in [1.54, 1.807) is 11.3 Å². The molecule has 2 unspecified atom stereocenters. The second-order valence-corrected chi connectivity index (χ2v) is 7.28. The average Bonchev–Trinajstić information content (AvgIpc) is 2.83. The molecule has 19 heavy (non-hydrogen) atoms. The van der Waals surface area contributed by atoms with Gasteiger partial charge < -0.3 is 10.6 Å². The van der Waals surface area contributed by atoms with Crippen molar-refractivity contribution in [2.45, 2.75) is 38.1 Å². The van der Waals surface area contributed by atoms with Gasteiger partial charge in [0.15, 0.2) is 0 Å². The van der Waals surface area contributed by atoms with E-state index in [1.807, 2.05) is 24.0 Å². The number of carbonyl (C=O) groups excluding carboxylic acids is 1. The Morgan fingerprint density at radius 2 is 2.32 bits per heavy atom. The van der Waals surface area contributed by atoms with E-state index in [-0.39, 0.29) is 30.3 Å². The van der Waals surface area contributed by atoms with Crippen molar-refractivity contribution < 1.29 is 4.79 Å². The molecule has 1 amide bonds. The van der Waals surface area contributed by atoms with Crippen molar-refractivity contribution in [1.29, 1.82) is 0 Å². The Hall–Kier alpha value is -0.100. The molecule has 2 atom stereocenters. The van der Waals surface area contributed by atoms with Gasteiger partial charge in [-0.15, -0.1) is 23.7 Å². The molecule has 1 aromatic rings. The molecule has 0 aliphatic carbocycles. The Kier molecular flexibility index (Phi) is 6.80. The SMILES string of the molecule is CC(C(=O)N1CCCCC1CN)c1ccc(Br)s1.Cl. The molecule has 2 heterocycles. The zero-order chi connectivity index (χ0) is 13.1. The van der Waals surface area contributed by atoms with Crippen LogP contribution in [0.3, 0.4) is 0 Å². The number of nitrogens with two attached hydrogens (primary N) is 1. The number of piperidine rings is 1. The first kappa shape index (κ1) is 17.0. The van der Waals surface area contributed by atoms with E-state index < -0.39 is 0 Å². The molecule has 108 valence electrons. The van der Waals surface area contributed by atoms with Crippen molar-refractivity contribution in [1.82, 2.24) is 4.90 Å². The molecule has 0 aromatic carbocycles. The minimum absolute atomic E-state index is 0. The van der Waals surface area contributed by atoms with Crippen LogP contribution in [0.1, 0.15) is 37.0 Å². The van der Waals surface area contributed by atoms with Crippen LogP contribution < -0.4 is 5.73 Å². The summed E-state index contributed by atoms with van der Waals surface area (Å²) in [6.45, 7) is 3.42. The van der Waals surface area contributed by atoms with Gasteiger partial charge >= 0.3 is 0 Å². The lowest BCUT2D eigenvalue weighted by molar-refractivity contribution is -0.135. The van der Waals surface area contributed by atoms with Crippen LogP contribution in [0.25, 0.3) is 0 Å². The van der Waals surface area contributed by atoms with E-state index in [4.69, 9.17) is 5.73 Å². The van der Waals surface area contributed by atoms with E-state index in [1.165, 1.54) is 6.42 Å². The zero-order valence-electron chi connectivity index (χ0n) is 11.0. The largest absolute Gasteiger partial charge is 0.338 e. The maximum atomic E-state index is 12.5. The van der Waals surface area contributed by atoms with E-state index in [0.717, 1.165) is 28.0 Å². The third kappa shape index (κ3) is 3.94. The number of thiophene rings is 1. The average molecular weight is 368 g/mol. The molecular formula is C13H20BrClN2OS. The normalized spacial score (nSPS) is 20.8. The van der Waals surface area contributed by atoms with Crippen molar-refractivity contribution in [3.63, 3.8) is 0 Å². The van der Waals surface area contributed by atoms with Crippen molar-refractivity contribution in [3.05, 3.63) is 20.8 Å². The molecule has 0 saturated carbocycles. The number of hydrogen-bond acceptors (Lipinski definition) is 3. The second kappa shape index (κ2) is 7.62. The highest BCUT2D eigenvalue weighted by atomic mass is 79.9. The zero-order valence-corrected chi connectivity index (χ0v) is 14.2. The molecule has 0 spiro atoms. The molecule has 1 saturated heterocycles. The summed E-state index contributed by atoms with van der Waals surface area (Å²) in [6, 6.07) is 4.26. The molecule has 1 aliphatic rings. The molecule has 2 rings (SSSR count). The first-order valence-corrected chi connectivity index (χ1v) is 8.00. The van der Waals surface area contributed by atoms with Crippen LogP contribution in [-0.2, 0) is 4.79 Å². The number of amides is 1. The number of rotatable bonds is 3. The third-order valence-corrected chi connectivity index (χ3v) is 5.38. The summed E-state index contributed by atoms with van der Waals surface area (Å²) in [4.78, 5) is 15.6. The van der Waals surface area contributed by atoms with Gasteiger partial charge in [0.05, 0.1) is 9.70 Å². The second-order valence-electron chi connectivity index (χ2n) is 4.78. The van der Waals surface area contributed by atoms with E-state index in [9.17, 15) is 4.79 Å². The van der Waals surface area contributed by atoms with Crippen LogP contribution in [0, 0.1) is 0 Å². The van der Waals surface area contributed by atoms with Gasteiger partial charge in [-0.2, -0.15) is 0 Å². The van der Waals surface area contributed by atoms with Crippen molar-refractivity contribution in [2.24, 2.45) is 5.73 Å². The molecule has 3 nitrogen and oxygen atoms in total. The van der Waals surface area contributed by atoms with Crippen LogP contribution in [-0.4, -0.2) is 29.9 Å². The summed E-state index contributed by atoms with van der Waals surface area (Å²) in [5.74, 6) is 0.160. The summed E-state index contributed by atoms with van der Waals surface area (Å²) in [5, 5.41) is 0. The quantitative estimate of drug-likeness (QED) is 0.890. The first-order chi connectivity index (χ1) is 8.63. The van der Waals surface area contributed by atoms with E-state index in [2.05, 4.69) is 15.9 Å². The molecular weight excluding hydrogens is 348 g/mol. The van der Waals surface area contributed by atoms with Crippen molar-refractivity contribution in [3.8, 4) is 0 Å². The minimum atomic E-state index is -0.0616. The summed E-state index contributed by atoms with van der Waals surface area (Å²) < 4.78 is 1.08. The van der Waals surface area contributed by atoms with Gasteiger partial charge in [0.25, 0.3) is 0 Å². The third-order valence-electron chi connectivity index (χ3n) is 3.57. The van der Waals surface area contributed by atoms with Crippen LogP contribution in [0.5, 0.6) is 0 Å². The summed E-state index contributed by atoms with van der Waals surface area (Å²) >= 11 is 5.08. The summed E-state index contributed by atoms with van der Waals surface area (Å²) in [7, 11) is 0. The highest BCUT2D eigenvalue weighted by Crippen LogP contribution is 2.31. The Labute approximate surface area is 133 Å². The van der Waals surface area contributed by atoms with E-state index in [0.29, 0.717) is 6.54 Å². The van der Waals surface area contributed by atoms with Gasteiger partial charge in [-0.05, 0) is 54.2 Å². The number of nitrogens with zero attached hydrogens (tertiary/aromatic N) is 1. The maximum absolute atomic E-state index is 12.5. The van der Waals surface area contributed by atoms with Crippen LogP contribution in [0.2, 0.25) is 0 Å². The van der Waals surface area contributed by atoms with E-state index >= 15 is 0 Å². The topological polar surface area (TPSA) is 46.3 Å². The molecule has 6 heteroatoms. The smallest absolute Gasteiger partial charge is 0.230 e. The van der Waals surface area contributed by atoms with Gasteiger partial charge in [-0.3, -0.25) is 4.79 Å². The van der Waals surface area contributed by atoms with Crippen molar-refractivity contribution >= 4 is 45.6 Å². The van der Waals surface area contributed by atoms with Gasteiger partial charge in [-0.1, -0.05) is 0 Å². The molecule has 0 radical (unpaired) electrons. The number of carbonyl (C=O) groups is 1. The minimum Gasteiger partial charge on any atom is -0.338 e. The predicted octanol–water partition coefficient (Wildman–Crippen LogP) is 3.38. The highest BCUT2D eigenvalue weighted by molar-refractivity contribution is 9.11. The van der Waals surface area contributed by atoms with Crippen LogP contribution in [0.4, 0.5) is 0 Å². The Balaban J connectivity index is 0.00000180. The van der Waals surface area contributed by atoms with Crippen LogP contribution in [0.15, 0.2) is 15.9 Å². The molecule has 1 aromatic heterocycles. The lowest BCUT2D eigenvalue weighted by Gasteiger charge is -2.36. The summed E-state index contributed by atoms with van der Waals surface area (Å²) in [5.41, 5.74) is 5.78. The molecule has 0 bridgehead atoms. The lowest BCUT2D eigenvalue weighted by atomic mass is 9.99. The Morgan fingerprint density at radius 3 is 2.89 bits per heavy atom. The van der Waals surface area contributed by atoms with Crippen molar-refractivity contribution in [2.75, 3.05) is 13.1 Å². The van der Waals surface area contributed by atoms with Gasteiger partial charge in [0, 0.05) is 24.0 Å². The summed E-state index contributed by atoms with van der Waals surface area (Å²) in [6.07, 6.45) is 3.33. The Morgan fingerprint density at radius 1 is 1.58 bits per heavy atom. The fraction of sp³-hybridized carbons (Fsp3) is 0.615. The molecule has 1 fully saturated rings. The fourth-order valence-electron chi connectivity index (χ4n) is 2.47. The number of halogens is 2. The number of hydrogen-bond donors (Lipinski definition) is 1. The highest BCUT2D eigenvalue weighted by Gasteiger charge is 2.29. The number of likely N-dealkylation sites (tertiary alicyclic amines) is 1. The van der Waals surface area contributed by atoms with Gasteiger partial charge in [0.1, 0.15) is 0 Å². The van der Waals surface area contributed by atoms with Crippen LogP contribution >= 0.6 is 39.7 Å². The first-order valence-electron chi connectivity index (χ1n) is 6.39. The molecule has 2 N–H and O–H groups in total. The maximum Gasteiger partial charge on any atom is 0.230 e. The van der Waals surface area contributed by atoms with Gasteiger partial charge in [0.2, 0.25) is 5.91 Å². The Bertz CT molecular complexity index is 427. The molecule has 1 aliphatic heterocycles. The monoisotopic (exact) mass is 366 g/mol. The fourth-order valence-corrected chi connectivity index (χ4v) is 3.94. The van der Waals surface area contributed by atoms with Gasteiger partial charge in [-0.25, -0.2) is 0 Å². The lowest BCUT2D eigenvalue weighted by Crippen LogP contribution is -2.48. The standard InChI is InChI=1S/C13H19BrN2OS.ClH/c1-9(11-5-6-12(14)18-11)13(17)16-7-3-2-4-10(16)8-15;/h5-6,9-10H,2-4,7-8,15H2,1H3;1H.